The summed E-state index contributed by atoms with van der Waals surface area (Å²) in [6, 6.07) is 0. The molecule has 0 aliphatic carbocycles. The van der Waals surface area contributed by atoms with Crippen molar-refractivity contribution in [3.63, 3.8) is 0 Å². The lowest BCUT2D eigenvalue weighted by Gasteiger charge is -1.92. The Balaban J connectivity index is 4.22. The molecule has 0 amide bonds. The molecule has 0 spiro atoms. The molecular weight excluding hydrogens is 181 g/mol. The highest BCUT2D eigenvalue weighted by Gasteiger charge is 1.90. The molecule has 0 heterocycles. The van der Waals surface area contributed by atoms with Crippen LogP contribution in [0.25, 0.3) is 0 Å². The van der Waals surface area contributed by atoms with Crippen LogP contribution in [0, 0.1) is 0 Å². The van der Waals surface area contributed by atoms with E-state index < -0.39 is 0 Å². The largest absolute Gasteiger partial charge is 0.249 e. The third-order valence-corrected chi connectivity index (χ3v) is 1.78. The lowest BCUT2D eigenvalue weighted by molar-refractivity contribution is 1.29. The van der Waals surface area contributed by atoms with Gasteiger partial charge < -0.3 is 0 Å². The molecule has 0 N–H and O–H groups in total. The second-order valence-corrected chi connectivity index (χ2v) is 2.97. The zero-order valence-electron chi connectivity index (χ0n) is 6.69. The first kappa shape index (κ1) is 10.7. The molecule has 0 atom stereocenters. The van der Waals surface area contributed by atoms with Crippen molar-refractivity contribution in [2.75, 3.05) is 0 Å². The number of aliphatic imine (C=N–C) groups is 1. The van der Waals surface area contributed by atoms with Gasteiger partial charge in [-0.15, -0.1) is 0 Å². The number of hydrogen-bond donors (Lipinski definition) is 0. The molecule has 0 saturated heterocycles. The highest BCUT2D eigenvalue weighted by atomic mass is 35.5. The van der Waals surface area contributed by atoms with Gasteiger partial charge in [-0.1, -0.05) is 36.7 Å². The van der Waals surface area contributed by atoms with Gasteiger partial charge in [0.05, 0.1) is 0 Å². The van der Waals surface area contributed by atoms with Crippen molar-refractivity contribution in [1.29, 1.82) is 0 Å². The van der Waals surface area contributed by atoms with Crippen molar-refractivity contribution >= 4 is 28.4 Å². The smallest absolute Gasteiger partial charge is 0.105 e. The van der Waals surface area contributed by atoms with E-state index in [0.717, 1.165) is 12.0 Å². The van der Waals surface area contributed by atoms with Crippen LogP contribution in [-0.2, 0) is 0 Å². The SMILES string of the molecule is C=C(Cl)/C(C)=C\N=C(\Cl)CC. The standard InChI is InChI=1S/C8H11Cl2N/c1-4-8(10)11-5-6(2)7(3)9/h5H,3-4H2,1-2H3/b6-5-,11-8+. The number of rotatable bonds is 3. The fourth-order valence-electron chi connectivity index (χ4n) is 0.328. The summed E-state index contributed by atoms with van der Waals surface area (Å²) in [4.78, 5) is 3.94. The van der Waals surface area contributed by atoms with Crippen LogP contribution >= 0.6 is 23.2 Å². The van der Waals surface area contributed by atoms with Gasteiger partial charge in [0.1, 0.15) is 5.17 Å². The Bertz CT molecular complexity index is 204. The summed E-state index contributed by atoms with van der Waals surface area (Å²) in [5, 5.41) is 1.07. The van der Waals surface area contributed by atoms with Crippen molar-refractivity contribution in [2.24, 2.45) is 4.99 Å². The summed E-state index contributed by atoms with van der Waals surface area (Å²) >= 11 is 11.2. The Kier molecular flexibility index (Phi) is 5.26. The molecule has 0 rings (SSSR count). The molecule has 0 aromatic heterocycles. The number of halogens is 2. The third kappa shape index (κ3) is 5.05. The van der Waals surface area contributed by atoms with Crippen LogP contribution in [0.3, 0.4) is 0 Å². The van der Waals surface area contributed by atoms with Gasteiger partial charge in [-0.25, -0.2) is 4.99 Å². The first-order valence-corrected chi connectivity index (χ1v) is 4.07. The van der Waals surface area contributed by atoms with Crippen molar-refractivity contribution in [1.82, 2.24) is 0 Å². The van der Waals surface area contributed by atoms with E-state index in [1.807, 2.05) is 13.8 Å². The highest BCUT2D eigenvalue weighted by molar-refractivity contribution is 6.65. The third-order valence-electron chi connectivity index (χ3n) is 1.12. The van der Waals surface area contributed by atoms with E-state index in [1.165, 1.54) is 0 Å². The van der Waals surface area contributed by atoms with Crippen LogP contribution in [0.1, 0.15) is 20.3 Å². The van der Waals surface area contributed by atoms with E-state index in [-0.39, 0.29) is 0 Å². The van der Waals surface area contributed by atoms with Crippen LogP contribution in [-0.4, -0.2) is 5.17 Å². The molecule has 0 unspecified atom stereocenters. The van der Waals surface area contributed by atoms with Crippen LogP contribution in [0.15, 0.2) is 28.4 Å². The Morgan fingerprint density at radius 2 is 2.09 bits per heavy atom. The molecule has 11 heavy (non-hydrogen) atoms. The van der Waals surface area contributed by atoms with Gasteiger partial charge in [0.2, 0.25) is 0 Å². The van der Waals surface area contributed by atoms with Crippen LogP contribution in [0.4, 0.5) is 0 Å². The predicted octanol–water partition coefficient (Wildman–Crippen LogP) is 3.69. The molecule has 0 saturated carbocycles. The Labute approximate surface area is 77.4 Å². The second-order valence-electron chi connectivity index (χ2n) is 2.08. The number of hydrogen-bond acceptors (Lipinski definition) is 1. The summed E-state index contributed by atoms with van der Waals surface area (Å²) in [5.41, 5.74) is 0.832. The Hall–Kier alpha value is -0.270. The fourth-order valence-corrected chi connectivity index (χ4v) is 0.426. The van der Waals surface area contributed by atoms with Gasteiger partial charge in [0.25, 0.3) is 0 Å². The second kappa shape index (κ2) is 5.39. The van der Waals surface area contributed by atoms with Gasteiger partial charge >= 0.3 is 0 Å². The first-order valence-electron chi connectivity index (χ1n) is 3.31. The first-order chi connectivity index (χ1) is 5.07. The van der Waals surface area contributed by atoms with Crippen LogP contribution in [0.5, 0.6) is 0 Å². The maximum absolute atomic E-state index is 5.65. The van der Waals surface area contributed by atoms with E-state index in [2.05, 4.69) is 11.6 Å². The molecule has 0 bridgehead atoms. The van der Waals surface area contributed by atoms with E-state index in [1.54, 1.807) is 6.20 Å². The fraction of sp³-hybridized carbons (Fsp3) is 0.375. The maximum Gasteiger partial charge on any atom is 0.105 e. The molecular formula is C8H11Cl2N. The van der Waals surface area contributed by atoms with Crippen molar-refractivity contribution in [2.45, 2.75) is 20.3 Å². The van der Waals surface area contributed by atoms with E-state index in [0.29, 0.717) is 10.2 Å². The monoisotopic (exact) mass is 191 g/mol. The molecule has 0 fully saturated rings. The van der Waals surface area contributed by atoms with E-state index in [9.17, 15) is 0 Å². The van der Waals surface area contributed by atoms with Crippen molar-refractivity contribution in [3.8, 4) is 0 Å². The Morgan fingerprint density at radius 1 is 1.55 bits per heavy atom. The molecule has 0 radical (unpaired) electrons. The molecule has 0 aromatic rings. The number of nitrogens with zero attached hydrogens (tertiary/aromatic N) is 1. The molecule has 0 aromatic carbocycles. The van der Waals surface area contributed by atoms with Crippen LogP contribution in [0.2, 0.25) is 0 Å². The average Bonchev–Trinajstić information content (AvgIpc) is 1.99. The summed E-state index contributed by atoms with van der Waals surface area (Å²) < 4.78 is 0. The molecule has 3 heteroatoms. The topological polar surface area (TPSA) is 12.4 Å². The summed E-state index contributed by atoms with van der Waals surface area (Å²) in [6.07, 6.45) is 2.35. The summed E-state index contributed by atoms with van der Waals surface area (Å²) in [7, 11) is 0. The molecule has 0 aliphatic heterocycles. The normalized spacial score (nSPS) is 13.5. The zero-order chi connectivity index (χ0) is 8.85. The van der Waals surface area contributed by atoms with Gasteiger partial charge in [0.15, 0.2) is 0 Å². The minimum absolute atomic E-state index is 0.495. The molecule has 62 valence electrons. The van der Waals surface area contributed by atoms with Crippen molar-refractivity contribution < 1.29 is 0 Å². The quantitative estimate of drug-likeness (QED) is 0.477. The molecule has 1 nitrogen and oxygen atoms in total. The van der Waals surface area contributed by atoms with Crippen molar-refractivity contribution in [3.05, 3.63) is 23.4 Å². The van der Waals surface area contributed by atoms with E-state index >= 15 is 0 Å². The minimum atomic E-state index is 0.495. The maximum atomic E-state index is 5.65. The van der Waals surface area contributed by atoms with Gasteiger partial charge in [-0.2, -0.15) is 0 Å². The highest BCUT2D eigenvalue weighted by Crippen LogP contribution is 2.10. The van der Waals surface area contributed by atoms with Gasteiger partial charge in [-0.3, -0.25) is 0 Å². The minimum Gasteiger partial charge on any atom is -0.249 e. The van der Waals surface area contributed by atoms with Gasteiger partial charge in [-0.05, 0) is 18.9 Å². The van der Waals surface area contributed by atoms with E-state index in [4.69, 9.17) is 23.2 Å². The molecule has 0 aliphatic rings. The number of allylic oxidation sites excluding steroid dienone is 2. The summed E-state index contributed by atoms with van der Waals surface area (Å²) in [6.45, 7) is 7.31. The Morgan fingerprint density at radius 3 is 2.45 bits per heavy atom. The summed E-state index contributed by atoms with van der Waals surface area (Å²) in [5.74, 6) is 0. The lowest BCUT2D eigenvalue weighted by Crippen LogP contribution is -1.80. The average molecular weight is 192 g/mol. The predicted molar refractivity (Wildman–Crippen MR) is 52.3 cm³/mol. The lowest BCUT2D eigenvalue weighted by atomic mass is 10.3. The van der Waals surface area contributed by atoms with Crippen LogP contribution < -0.4 is 0 Å². The zero-order valence-corrected chi connectivity index (χ0v) is 8.21. The van der Waals surface area contributed by atoms with Gasteiger partial charge in [0, 0.05) is 11.2 Å².